The normalized spacial score (nSPS) is 10.7. The van der Waals surface area contributed by atoms with E-state index in [4.69, 9.17) is 9.47 Å². The van der Waals surface area contributed by atoms with Crippen LogP contribution in [0.4, 0.5) is 5.69 Å². The number of nitrogens with zero attached hydrogens (tertiary/aromatic N) is 3. The van der Waals surface area contributed by atoms with Crippen molar-refractivity contribution in [2.75, 3.05) is 19.1 Å². The summed E-state index contributed by atoms with van der Waals surface area (Å²) in [5, 5.41) is 0. The van der Waals surface area contributed by atoms with Gasteiger partial charge in [0.05, 0.1) is 32.7 Å². The molecule has 4 rings (SSSR count). The van der Waals surface area contributed by atoms with E-state index in [1.165, 1.54) is 0 Å². The summed E-state index contributed by atoms with van der Waals surface area (Å²) >= 11 is 0. The Bertz CT molecular complexity index is 1120. The van der Waals surface area contributed by atoms with E-state index in [1.807, 2.05) is 59.1 Å². The van der Waals surface area contributed by atoms with Crippen LogP contribution < -0.4 is 14.4 Å². The number of imidazole rings is 1. The Balaban J connectivity index is 1.76. The summed E-state index contributed by atoms with van der Waals surface area (Å²) in [4.78, 5) is 19.7. The Morgan fingerprint density at radius 3 is 2.34 bits per heavy atom. The average Bonchev–Trinajstić information content (AvgIpc) is 3.20. The van der Waals surface area contributed by atoms with Gasteiger partial charge in [0.2, 0.25) is 0 Å². The Morgan fingerprint density at radius 2 is 1.66 bits per heavy atom. The lowest BCUT2D eigenvalue weighted by molar-refractivity contribution is 0.0984. The van der Waals surface area contributed by atoms with Crippen molar-refractivity contribution < 1.29 is 14.3 Å². The fourth-order valence-electron chi connectivity index (χ4n) is 3.24. The van der Waals surface area contributed by atoms with Crippen LogP contribution in [0.3, 0.4) is 0 Å². The molecular formula is C23H21N3O3. The van der Waals surface area contributed by atoms with Crippen LogP contribution in [0.1, 0.15) is 16.1 Å². The molecule has 0 atom stereocenters. The molecule has 0 bridgehead atoms. The molecule has 29 heavy (non-hydrogen) atoms. The zero-order valence-corrected chi connectivity index (χ0v) is 16.3. The smallest absolute Gasteiger partial charge is 0.258 e. The van der Waals surface area contributed by atoms with E-state index in [1.54, 1.807) is 43.5 Å². The topological polar surface area (TPSA) is 56.1 Å². The number of rotatable bonds is 6. The number of aromatic nitrogens is 2. The number of carbonyl (C=O) groups is 1. The van der Waals surface area contributed by atoms with Crippen molar-refractivity contribution in [2.24, 2.45) is 0 Å². The summed E-state index contributed by atoms with van der Waals surface area (Å²) in [6.07, 6.45) is 3.74. The summed E-state index contributed by atoms with van der Waals surface area (Å²) in [6.45, 7) is 0.369. The third kappa shape index (κ3) is 3.78. The van der Waals surface area contributed by atoms with Crippen molar-refractivity contribution >= 4 is 17.2 Å². The van der Waals surface area contributed by atoms with Crippen LogP contribution >= 0.6 is 0 Å². The van der Waals surface area contributed by atoms with Gasteiger partial charge in [0, 0.05) is 23.5 Å². The second kappa shape index (κ2) is 8.06. The van der Waals surface area contributed by atoms with Crippen molar-refractivity contribution in [1.82, 2.24) is 9.38 Å². The Kier molecular flexibility index (Phi) is 5.16. The third-order valence-corrected chi connectivity index (χ3v) is 4.73. The van der Waals surface area contributed by atoms with Gasteiger partial charge in [-0.3, -0.25) is 4.79 Å². The maximum Gasteiger partial charge on any atom is 0.258 e. The van der Waals surface area contributed by atoms with Gasteiger partial charge in [0.1, 0.15) is 17.1 Å². The van der Waals surface area contributed by atoms with Crippen LogP contribution in [0.25, 0.3) is 5.65 Å². The van der Waals surface area contributed by atoms with Gasteiger partial charge in [-0.1, -0.05) is 24.3 Å². The van der Waals surface area contributed by atoms with Crippen LogP contribution in [-0.4, -0.2) is 29.5 Å². The van der Waals surface area contributed by atoms with Crippen LogP contribution in [0.5, 0.6) is 11.5 Å². The average molecular weight is 387 g/mol. The molecule has 0 aliphatic heterocycles. The lowest BCUT2D eigenvalue weighted by Crippen LogP contribution is -2.31. The molecule has 6 nitrogen and oxygen atoms in total. The molecule has 2 aromatic carbocycles. The van der Waals surface area contributed by atoms with Crippen molar-refractivity contribution in [2.45, 2.75) is 6.54 Å². The largest absolute Gasteiger partial charge is 0.497 e. The number of methoxy groups -OCH3 is 2. The van der Waals surface area contributed by atoms with Gasteiger partial charge in [0.25, 0.3) is 5.91 Å². The predicted octanol–water partition coefficient (Wildman–Crippen LogP) is 4.20. The van der Waals surface area contributed by atoms with Crippen LogP contribution in [0, 0.1) is 0 Å². The highest BCUT2D eigenvalue weighted by molar-refractivity contribution is 6.06. The number of fused-ring (bicyclic) bond motifs is 1. The first-order valence-corrected chi connectivity index (χ1v) is 9.20. The molecule has 0 fully saturated rings. The van der Waals surface area contributed by atoms with E-state index < -0.39 is 0 Å². The van der Waals surface area contributed by atoms with Gasteiger partial charge in [0.15, 0.2) is 0 Å². The molecule has 0 aliphatic carbocycles. The van der Waals surface area contributed by atoms with E-state index in [0.29, 0.717) is 23.6 Å². The molecule has 0 radical (unpaired) electrons. The summed E-state index contributed by atoms with van der Waals surface area (Å²) < 4.78 is 12.6. The van der Waals surface area contributed by atoms with E-state index in [2.05, 4.69) is 4.98 Å². The first-order valence-electron chi connectivity index (χ1n) is 9.20. The molecule has 0 unspecified atom stereocenters. The second-order valence-electron chi connectivity index (χ2n) is 6.51. The monoisotopic (exact) mass is 387 g/mol. The molecule has 0 saturated carbocycles. The van der Waals surface area contributed by atoms with Crippen molar-refractivity contribution in [3.05, 3.63) is 90.4 Å². The second-order valence-corrected chi connectivity index (χ2v) is 6.51. The van der Waals surface area contributed by atoms with Crippen molar-refractivity contribution in [3.8, 4) is 11.5 Å². The first kappa shape index (κ1) is 18.6. The molecule has 1 amide bonds. The number of benzene rings is 2. The molecule has 0 aliphatic rings. The lowest BCUT2D eigenvalue weighted by Gasteiger charge is -2.23. The SMILES string of the molecule is COc1cc(OC)cc(C(=O)N(Cc2cnc3ccccn23)c2ccccc2)c1. The minimum Gasteiger partial charge on any atom is -0.497 e. The highest BCUT2D eigenvalue weighted by Gasteiger charge is 2.21. The van der Waals surface area contributed by atoms with E-state index in [9.17, 15) is 4.79 Å². The molecule has 2 aromatic heterocycles. The minimum absolute atomic E-state index is 0.153. The molecule has 0 N–H and O–H groups in total. The number of amides is 1. The van der Waals surface area contributed by atoms with Gasteiger partial charge in [-0.05, 0) is 36.4 Å². The molecule has 4 aromatic rings. The number of anilines is 1. The maximum atomic E-state index is 13.5. The lowest BCUT2D eigenvalue weighted by atomic mass is 10.1. The van der Waals surface area contributed by atoms with Crippen LogP contribution in [0.15, 0.2) is 79.1 Å². The summed E-state index contributed by atoms with van der Waals surface area (Å²) in [5.74, 6) is 0.977. The molecule has 146 valence electrons. The number of hydrogen-bond donors (Lipinski definition) is 0. The maximum absolute atomic E-state index is 13.5. The molecule has 6 heteroatoms. The Morgan fingerprint density at radius 1 is 0.966 bits per heavy atom. The number of para-hydroxylation sites is 1. The molecule has 2 heterocycles. The summed E-state index contributed by atoms with van der Waals surface area (Å²) in [6, 6.07) is 20.6. The fourth-order valence-corrected chi connectivity index (χ4v) is 3.24. The first-order chi connectivity index (χ1) is 14.2. The van der Waals surface area contributed by atoms with Gasteiger partial charge < -0.3 is 18.8 Å². The fraction of sp³-hybridized carbons (Fsp3) is 0.130. The highest BCUT2D eigenvalue weighted by atomic mass is 16.5. The number of pyridine rings is 1. The van der Waals surface area contributed by atoms with Gasteiger partial charge >= 0.3 is 0 Å². The number of hydrogen-bond acceptors (Lipinski definition) is 4. The van der Waals surface area contributed by atoms with Gasteiger partial charge in [-0.2, -0.15) is 0 Å². The van der Waals surface area contributed by atoms with E-state index in [0.717, 1.165) is 17.0 Å². The van der Waals surface area contributed by atoms with Crippen LogP contribution in [-0.2, 0) is 6.54 Å². The van der Waals surface area contributed by atoms with Crippen LogP contribution in [0.2, 0.25) is 0 Å². The van der Waals surface area contributed by atoms with Crippen molar-refractivity contribution in [3.63, 3.8) is 0 Å². The van der Waals surface area contributed by atoms with Gasteiger partial charge in [-0.15, -0.1) is 0 Å². The standard InChI is InChI=1S/C23H21N3O3/c1-28-20-12-17(13-21(14-20)29-2)23(27)26(18-8-4-3-5-9-18)16-19-15-24-22-10-6-7-11-25(19)22/h3-15H,16H2,1-2H3. The minimum atomic E-state index is -0.153. The summed E-state index contributed by atoms with van der Waals surface area (Å²) in [5.41, 5.74) is 3.03. The number of carbonyl (C=O) groups excluding carboxylic acids is 1. The molecule has 0 spiro atoms. The summed E-state index contributed by atoms with van der Waals surface area (Å²) in [7, 11) is 3.13. The molecular weight excluding hydrogens is 366 g/mol. The third-order valence-electron chi connectivity index (χ3n) is 4.73. The van der Waals surface area contributed by atoms with E-state index in [-0.39, 0.29) is 5.91 Å². The Labute approximate surface area is 168 Å². The van der Waals surface area contributed by atoms with Crippen molar-refractivity contribution in [1.29, 1.82) is 0 Å². The van der Waals surface area contributed by atoms with Gasteiger partial charge in [-0.25, -0.2) is 4.98 Å². The van der Waals surface area contributed by atoms with E-state index >= 15 is 0 Å². The quantitative estimate of drug-likeness (QED) is 0.498. The zero-order chi connectivity index (χ0) is 20.2. The predicted molar refractivity (Wildman–Crippen MR) is 112 cm³/mol. The zero-order valence-electron chi connectivity index (χ0n) is 16.3. The Hall–Kier alpha value is -3.80. The molecule has 0 saturated heterocycles. The highest BCUT2D eigenvalue weighted by Crippen LogP contribution is 2.26. The number of ether oxygens (including phenoxy) is 2.